The van der Waals surface area contributed by atoms with Crippen LogP contribution in [0.3, 0.4) is 0 Å². The molecule has 0 bridgehead atoms. The third-order valence-electron chi connectivity index (χ3n) is 6.30. The van der Waals surface area contributed by atoms with Crippen LogP contribution < -0.4 is 21.1 Å². The second kappa shape index (κ2) is 12.1. The van der Waals surface area contributed by atoms with Gasteiger partial charge in [0, 0.05) is 51.1 Å². The summed E-state index contributed by atoms with van der Waals surface area (Å²) in [4.78, 5) is 45.5. The number of nitrogens with one attached hydrogen (secondary N) is 2. The monoisotopic (exact) mass is 539 g/mol. The molecule has 3 aromatic rings. The normalized spacial score (nSPS) is 14.2. The van der Waals surface area contributed by atoms with Crippen LogP contribution in [0.2, 0.25) is 5.02 Å². The van der Waals surface area contributed by atoms with Gasteiger partial charge in [-0.1, -0.05) is 11.6 Å². The Bertz CT molecular complexity index is 1320. The molecule has 1 aliphatic heterocycles. The first-order chi connectivity index (χ1) is 18.3. The standard InChI is InChI=1S/C26H30ClN7O4/c1-29-26(37)22-23(24(28)35)34(16-30-22)18-5-3-17(4-6-18)31-25(36)20-8-7-19(15-21(20)27)38-14-13-33-11-9-32(2)10-12-33/h3-8,15-16H,9-14H2,1-2H3,(H2,28,35)(H,29,37)(H,31,36). The lowest BCUT2D eigenvalue weighted by Crippen LogP contribution is -2.45. The van der Waals surface area contributed by atoms with Gasteiger partial charge in [-0.05, 0) is 49.5 Å². The molecule has 1 aliphatic rings. The van der Waals surface area contributed by atoms with Crippen LogP contribution in [0.25, 0.3) is 5.69 Å². The SMILES string of the molecule is CNC(=O)c1ncn(-c2ccc(NC(=O)c3ccc(OCCN4CCN(C)CC4)cc3Cl)cc2)c1C(N)=O. The number of imidazole rings is 1. The molecule has 1 fully saturated rings. The van der Waals surface area contributed by atoms with E-state index in [0.29, 0.717) is 29.3 Å². The number of halogens is 1. The molecule has 2 heterocycles. The lowest BCUT2D eigenvalue weighted by molar-refractivity contribution is 0.0937. The third kappa shape index (κ3) is 6.31. The van der Waals surface area contributed by atoms with Crippen LogP contribution in [0.15, 0.2) is 48.8 Å². The summed E-state index contributed by atoms with van der Waals surface area (Å²) in [6.07, 6.45) is 1.34. The highest BCUT2D eigenvalue weighted by molar-refractivity contribution is 6.34. The molecule has 11 nitrogen and oxygen atoms in total. The van der Waals surface area contributed by atoms with Crippen molar-refractivity contribution < 1.29 is 19.1 Å². The number of rotatable bonds is 9. The summed E-state index contributed by atoms with van der Waals surface area (Å²) in [6.45, 7) is 5.51. The first-order valence-corrected chi connectivity index (χ1v) is 12.5. The Morgan fingerprint density at radius 2 is 1.76 bits per heavy atom. The fourth-order valence-electron chi connectivity index (χ4n) is 4.10. The Labute approximate surface area is 225 Å². The van der Waals surface area contributed by atoms with Gasteiger partial charge in [-0.2, -0.15) is 0 Å². The number of nitrogens with two attached hydrogens (primary N) is 1. The number of ether oxygens (including phenoxy) is 1. The molecule has 38 heavy (non-hydrogen) atoms. The van der Waals surface area contributed by atoms with Crippen molar-refractivity contribution in [2.24, 2.45) is 5.73 Å². The fourth-order valence-corrected chi connectivity index (χ4v) is 4.36. The summed E-state index contributed by atoms with van der Waals surface area (Å²) in [6, 6.07) is 11.6. The summed E-state index contributed by atoms with van der Waals surface area (Å²) >= 11 is 6.38. The molecule has 4 rings (SSSR count). The van der Waals surface area contributed by atoms with Crippen molar-refractivity contribution in [2.45, 2.75) is 0 Å². The minimum atomic E-state index is -0.792. The average Bonchev–Trinajstić information content (AvgIpc) is 3.35. The number of hydrogen-bond donors (Lipinski definition) is 3. The number of nitrogens with zero attached hydrogens (tertiary/aromatic N) is 4. The summed E-state index contributed by atoms with van der Waals surface area (Å²) in [5.74, 6) is -1.09. The summed E-state index contributed by atoms with van der Waals surface area (Å²) < 4.78 is 7.25. The van der Waals surface area contributed by atoms with E-state index in [2.05, 4.69) is 32.5 Å². The molecule has 200 valence electrons. The number of benzene rings is 2. The molecule has 4 N–H and O–H groups in total. The van der Waals surface area contributed by atoms with Crippen LogP contribution in [0, 0.1) is 0 Å². The molecular formula is C26H30ClN7O4. The third-order valence-corrected chi connectivity index (χ3v) is 6.62. The number of carbonyl (C=O) groups excluding carboxylic acids is 3. The number of piperazine rings is 1. The molecule has 2 aromatic carbocycles. The van der Waals surface area contributed by atoms with E-state index in [1.165, 1.54) is 17.9 Å². The van der Waals surface area contributed by atoms with Crippen molar-refractivity contribution >= 4 is 35.0 Å². The quantitative estimate of drug-likeness (QED) is 0.378. The minimum Gasteiger partial charge on any atom is -0.492 e. The van der Waals surface area contributed by atoms with Gasteiger partial charge in [-0.3, -0.25) is 23.9 Å². The molecule has 0 atom stereocenters. The summed E-state index contributed by atoms with van der Waals surface area (Å²) in [5, 5.41) is 5.51. The highest BCUT2D eigenvalue weighted by Crippen LogP contribution is 2.24. The molecule has 12 heteroatoms. The molecule has 0 unspecified atom stereocenters. The van der Waals surface area contributed by atoms with Crippen LogP contribution in [0.1, 0.15) is 31.3 Å². The van der Waals surface area contributed by atoms with Gasteiger partial charge in [0.15, 0.2) is 5.69 Å². The number of aromatic nitrogens is 2. The molecule has 1 saturated heterocycles. The van der Waals surface area contributed by atoms with Gasteiger partial charge in [-0.25, -0.2) is 4.98 Å². The first-order valence-electron chi connectivity index (χ1n) is 12.1. The van der Waals surface area contributed by atoms with Gasteiger partial charge >= 0.3 is 0 Å². The number of carbonyl (C=O) groups is 3. The van der Waals surface area contributed by atoms with Crippen LogP contribution in [-0.2, 0) is 0 Å². The van der Waals surface area contributed by atoms with E-state index in [-0.39, 0.29) is 22.3 Å². The highest BCUT2D eigenvalue weighted by Gasteiger charge is 2.22. The molecule has 0 aliphatic carbocycles. The maximum absolute atomic E-state index is 12.8. The van der Waals surface area contributed by atoms with Gasteiger partial charge in [-0.15, -0.1) is 0 Å². The number of anilines is 1. The van der Waals surface area contributed by atoms with Crippen molar-refractivity contribution in [3.05, 3.63) is 70.8 Å². The summed E-state index contributed by atoms with van der Waals surface area (Å²) in [7, 11) is 3.56. The molecule has 0 saturated carbocycles. The Morgan fingerprint density at radius 1 is 1.05 bits per heavy atom. The van der Waals surface area contributed by atoms with Crippen molar-refractivity contribution in [1.82, 2.24) is 24.7 Å². The number of likely N-dealkylation sites (N-methyl/N-ethyl adjacent to an activating group) is 1. The maximum Gasteiger partial charge on any atom is 0.272 e. The second-order valence-corrected chi connectivity index (χ2v) is 9.30. The summed E-state index contributed by atoms with van der Waals surface area (Å²) in [5.41, 5.74) is 6.72. The van der Waals surface area contributed by atoms with Crippen molar-refractivity contribution in [2.75, 3.05) is 58.7 Å². The van der Waals surface area contributed by atoms with Crippen LogP contribution in [0.4, 0.5) is 5.69 Å². The maximum atomic E-state index is 12.8. The second-order valence-electron chi connectivity index (χ2n) is 8.89. The fraction of sp³-hybridized carbons (Fsp3) is 0.308. The zero-order chi connectivity index (χ0) is 27.2. The van der Waals surface area contributed by atoms with E-state index in [0.717, 1.165) is 32.7 Å². The van der Waals surface area contributed by atoms with E-state index in [4.69, 9.17) is 22.1 Å². The van der Waals surface area contributed by atoms with E-state index >= 15 is 0 Å². The van der Waals surface area contributed by atoms with Gasteiger partial charge < -0.3 is 26.0 Å². The topological polar surface area (TPSA) is 135 Å². The molecule has 3 amide bonds. The number of hydrogen-bond acceptors (Lipinski definition) is 7. The number of amides is 3. The van der Waals surface area contributed by atoms with Crippen LogP contribution in [-0.4, -0.2) is 90.5 Å². The Balaban J connectivity index is 1.37. The van der Waals surface area contributed by atoms with Gasteiger partial charge in [0.25, 0.3) is 17.7 Å². The average molecular weight is 540 g/mol. The van der Waals surface area contributed by atoms with Crippen LogP contribution in [0.5, 0.6) is 5.75 Å². The first kappa shape index (κ1) is 27.1. The van der Waals surface area contributed by atoms with E-state index in [1.807, 2.05) is 0 Å². The van der Waals surface area contributed by atoms with E-state index < -0.39 is 11.8 Å². The lowest BCUT2D eigenvalue weighted by Gasteiger charge is -2.32. The predicted octanol–water partition coefficient (Wildman–Crippen LogP) is 1.86. The lowest BCUT2D eigenvalue weighted by atomic mass is 10.2. The Hall–Kier alpha value is -3.93. The molecule has 0 radical (unpaired) electrons. The van der Waals surface area contributed by atoms with E-state index in [9.17, 15) is 14.4 Å². The van der Waals surface area contributed by atoms with Gasteiger partial charge in [0.05, 0.1) is 10.6 Å². The minimum absolute atomic E-state index is 0.0428. The van der Waals surface area contributed by atoms with Crippen molar-refractivity contribution in [3.63, 3.8) is 0 Å². The molecule has 1 aromatic heterocycles. The van der Waals surface area contributed by atoms with E-state index in [1.54, 1.807) is 42.5 Å². The Kier molecular flexibility index (Phi) is 8.62. The number of primary amides is 1. The molecule has 0 spiro atoms. The van der Waals surface area contributed by atoms with Crippen LogP contribution >= 0.6 is 11.6 Å². The van der Waals surface area contributed by atoms with Crippen molar-refractivity contribution in [3.8, 4) is 11.4 Å². The molecular weight excluding hydrogens is 510 g/mol. The smallest absolute Gasteiger partial charge is 0.272 e. The zero-order valence-electron chi connectivity index (χ0n) is 21.2. The van der Waals surface area contributed by atoms with Gasteiger partial charge in [0.1, 0.15) is 24.4 Å². The zero-order valence-corrected chi connectivity index (χ0v) is 22.0. The predicted molar refractivity (Wildman–Crippen MR) is 144 cm³/mol. The van der Waals surface area contributed by atoms with Gasteiger partial charge in [0.2, 0.25) is 0 Å². The highest BCUT2D eigenvalue weighted by atomic mass is 35.5. The van der Waals surface area contributed by atoms with Crippen molar-refractivity contribution in [1.29, 1.82) is 0 Å². The largest absolute Gasteiger partial charge is 0.492 e. The Morgan fingerprint density at radius 3 is 2.39 bits per heavy atom.